The van der Waals surface area contributed by atoms with E-state index in [1.54, 1.807) is 6.39 Å². The Labute approximate surface area is 134 Å². The Morgan fingerprint density at radius 2 is 1.96 bits per heavy atom. The molecule has 4 aromatic rings. The SMILES string of the molecule is Cc1coc2c3ccc4c(c3c3ncoc3c12)CCCC4(C)C. The second-order valence-corrected chi connectivity index (χ2v) is 7.40. The monoisotopic (exact) mass is 305 g/mol. The second-order valence-electron chi connectivity index (χ2n) is 7.40. The summed E-state index contributed by atoms with van der Waals surface area (Å²) in [6, 6.07) is 4.50. The van der Waals surface area contributed by atoms with Gasteiger partial charge in [-0.2, -0.15) is 0 Å². The van der Waals surface area contributed by atoms with Crippen LogP contribution in [-0.2, 0) is 11.8 Å². The molecule has 1 aliphatic carbocycles. The predicted molar refractivity (Wildman–Crippen MR) is 92.0 cm³/mol. The minimum absolute atomic E-state index is 0.214. The maximum absolute atomic E-state index is 5.89. The quantitative estimate of drug-likeness (QED) is 0.421. The van der Waals surface area contributed by atoms with Crippen molar-refractivity contribution in [1.82, 2.24) is 4.98 Å². The van der Waals surface area contributed by atoms with Crippen molar-refractivity contribution in [1.29, 1.82) is 0 Å². The molecule has 0 fully saturated rings. The molecule has 2 aromatic carbocycles. The van der Waals surface area contributed by atoms with Crippen molar-refractivity contribution in [2.24, 2.45) is 0 Å². The second kappa shape index (κ2) is 4.16. The fourth-order valence-corrected chi connectivity index (χ4v) is 4.37. The number of nitrogens with zero attached hydrogens (tertiary/aromatic N) is 1. The predicted octanol–water partition coefficient (Wildman–Crippen LogP) is 5.65. The van der Waals surface area contributed by atoms with Crippen LogP contribution in [-0.4, -0.2) is 4.98 Å². The third-order valence-electron chi connectivity index (χ3n) is 5.52. The van der Waals surface area contributed by atoms with E-state index in [-0.39, 0.29) is 5.41 Å². The fraction of sp³-hybridized carbons (Fsp3) is 0.350. The zero-order valence-electron chi connectivity index (χ0n) is 13.7. The van der Waals surface area contributed by atoms with Gasteiger partial charge in [-0.15, -0.1) is 0 Å². The van der Waals surface area contributed by atoms with Gasteiger partial charge in [-0.25, -0.2) is 4.98 Å². The first kappa shape index (κ1) is 13.2. The molecular weight excluding hydrogens is 286 g/mol. The number of furan rings is 1. The normalized spacial score (nSPS) is 17.2. The lowest BCUT2D eigenvalue weighted by Crippen LogP contribution is -2.23. The number of benzene rings is 2. The Morgan fingerprint density at radius 1 is 1.09 bits per heavy atom. The minimum Gasteiger partial charge on any atom is -0.463 e. The molecule has 0 spiro atoms. The Morgan fingerprint density at radius 3 is 2.83 bits per heavy atom. The molecule has 3 nitrogen and oxygen atoms in total. The Bertz CT molecular complexity index is 1080. The highest BCUT2D eigenvalue weighted by Crippen LogP contribution is 2.44. The molecule has 1 aliphatic rings. The van der Waals surface area contributed by atoms with Crippen molar-refractivity contribution in [3.63, 3.8) is 0 Å². The van der Waals surface area contributed by atoms with Crippen molar-refractivity contribution in [3.05, 3.63) is 41.5 Å². The molecule has 116 valence electrons. The summed E-state index contributed by atoms with van der Waals surface area (Å²) in [6.07, 6.45) is 6.92. The summed E-state index contributed by atoms with van der Waals surface area (Å²) in [6.45, 7) is 6.74. The summed E-state index contributed by atoms with van der Waals surface area (Å²) < 4.78 is 11.6. The molecule has 0 aliphatic heterocycles. The first-order valence-corrected chi connectivity index (χ1v) is 8.27. The van der Waals surface area contributed by atoms with Crippen LogP contribution in [0.1, 0.15) is 43.4 Å². The number of oxazole rings is 1. The zero-order chi connectivity index (χ0) is 15.8. The molecule has 0 saturated carbocycles. The van der Waals surface area contributed by atoms with Crippen LogP contribution in [0.2, 0.25) is 0 Å². The van der Waals surface area contributed by atoms with E-state index in [9.17, 15) is 0 Å². The lowest BCUT2D eigenvalue weighted by Gasteiger charge is -2.33. The van der Waals surface area contributed by atoms with Gasteiger partial charge in [-0.05, 0) is 48.3 Å². The van der Waals surface area contributed by atoms with Gasteiger partial charge in [-0.3, -0.25) is 0 Å². The van der Waals surface area contributed by atoms with Gasteiger partial charge in [0.25, 0.3) is 0 Å². The standard InChI is InChI=1S/C20H19NO2/c1-11-9-22-18-13-6-7-14-12(5-4-8-20(14,2)3)16(13)17-19(15(11)18)23-10-21-17/h6-7,9-10H,4-5,8H2,1-3H3. The van der Waals surface area contributed by atoms with E-state index in [1.165, 1.54) is 29.4 Å². The summed E-state index contributed by atoms with van der Waals surface area (Å²) in [5.41, 5.74) is 6.94. The van der Waals surface area contributed by atoms with Gasteiger partial charge >= 0.3 is 0 Å². The van der Waals surface area contributed by atoms with Crippen molar-refractivity contribution < 1.29 is 8.83 Å². The molecule has 0 atom stereocenters. The number of rotatable bonds is 0. The number of fused-ring (bicyclic) bond motifs is 8. The lowest BCUT2D eigenvalue weighted by molar-refractivity contribution is 0.433. The Kier molecular flexibility index (Phi) is 2.39. The molecule has 0 unspecified atom stereocenters. The Balaban J connectivity index is 2.08. The van der Waals surface area contributed by atoms with Crippen molar-refractivity contribution >= 4 is 32.8 Å². The van der Waals surface area contributed by atoms with E-state index in [4.69, 9.17) is 8.83 Å². The molecular formula is C20H19NO2. The highest BCUT2D eigenvalue weighted by molar-refractivity contribution is 6.22. The molecule has 3 heteroatoms. The molecule has 0 N–H and O–H groups in total. The molecule has 23 heavy (non-hydrogen) atoms. The van der Waals surface area contributed by atoms with Crippen LogP contribution < -0.4 is 0 Å². The molecule has 0 bridgehead atoms. The number of hydrogen-bond donors (Lipinski definition) is 0. The van der Waals surface area contributed by atoms with Crippen LogP contribution in [0.15, 0.2) is 33.6 Å². The largest absolute Gasteiger partial charge is 0.463 e. The van der Waals surface area contributed by atoms with E-state index < -0.39 is 0 Å². The smallest absolute Gasteiger partial charge is 0.182 e. The van der Waals surface area contributed by atoms with Gasteiger partial charge in [0.05, 0.1) is 11.6 Å². The summed E-state index contributed by atoms with van der Waals surface area (Å²) in [7, 11) is 0. The zero-order valence-corrected chi connectivity index (χ0v) is 13.7. The Hall–Kier alpha value is -2.29. The third kappa shape index (κ3) is 1.57. The van der Waals surface area contributed by atoms with Crippen LogP contribution in [0.3, 0.4) is 0 Å². The fourth-order valence-electron chi connectivity index (χ4n) is 4.37. The lowest BCUT2D eigenvalue weighted by atomic mass is 9.71. The van der Waals surface area contributed by atoms with Crippen LogP contribution in [0, 0.1) is 6.92 Å². The number of aromatic nitrogens is 1. The summed E-state index contributed by atoms with van der Waals surface area (Å²) >= 11 is 0. The summed E-state index contributed by atoms with van der Waals surface area (Å²) in [5, 5.41) is 3.44. The van der Waals surface area contributed by atoms with E-state index in [0.717, 1.165) is 39.4 Å². The van der Waals surface area contributed by atoms with Gasteiger partial charge in [0, 0.05) is 10.8 Å². The van der Waals surface area contributed by atoms with Gasteiger partial charge < -0.3 is 8.83 Å². The topological polar surface area (TPSA) is 39.2 Å². The van der Waals surface area contributed by atoms with Gasteiger partial charge in [0.1, 0.15) is 11.1 Å². The maximum Gasteiger partial charge on any atom is 0.182 e. The van der Waals surface area contributed by atoms with Crippen LogP contribution in [0.4, 0.5) is 0 Å². The first-order chi connectivity index (χ1) is 11.1. The van der Waals surface area contributed by atoms with Gasteiger partial charge in [0.2, 0.25) is 0 Å². The van der Waals surface area contributed by atoms with Crippen molar-refractivity contribution in [2.45, 2.75) is 45.4 Å². The average Bonchev–Trinajstić information content (AvgIpc) is 3.13. The summed E-state index contributed by atoms with van der Waals surface area (Å²) in [4.78, 5) is 4.57. The first-order valence-electron chi connectivity index (χ1n) is 8.27. The van der Waals surface area contributed by atoms with Crippen LogP contribution in [0.25, 0.3) is 32.8 Å². The van der Waals surface area contributed by atoms with Gasteiger partial charge in [0.15, 0.2) is 12.0 Å². The molecule has 0 radical (unpaired) electrons. The number of hydrogen-bond acceptors (Lipinski definition) is 3. The van der Waals surface area contributed by atoms with Crippen molar-refractivity contribution in [3.8, 4) is 0 Å². The van der Waals surface area contributed by atoms with E-state index >= 15 is 0 Å². The highest BCUT2D eigenvalue weighted by atomic mass is 16.3. The molecule has 0 saturated heterocycles. The molecule has 2 heterocycles. The summed E-state index contributed by atoms with van der Waals surface area (Å²) in [5.74, 6) is 0. The minimum atomic E-state index is 0.214. The maximum atomic E-state index is 5.89. The van der Waals surface area contributed by atoms with Crippen LogP contribution in [0.5, 0.6) is 0 Å². The third-order valence-corrected chi connectivity index (χ3v) is 5.52. The van der Waals surface area contributed by atoms with Crippen molar-refractivity contribution in [2.75, 3.05) is 0 Å². The molecule has 2 aromatic heterocycles. The molecule has 0 amide bonds. The molecule has 5 rings (SSSR count). The van der Waals surface area contributed by atoms with E-state index in [1.807, 2.05) is 6.26 Å². The van der Waals surface area contributed by atoms with E-state index in [0.29, 0.717) is 0 Å². The number of aryl methyl sites for hydroxylation is 2. The van der Waals surface area contributed by atoms with E-state index in [2.05, 4.69) is 37.9 Å². The average molecular weight is 305 g/mol. The highest BCUT2D eigenvalue weighted by Gasteiger charge is 2.30. The van der Waals surface area contributed by atoms with Crippen LogP contribution >= 0.6 is 0 Å². The van der Waals surface area contributed by atoms with Gasteiger partial charge in [-0.1, -0.05) is 26.0 Å².